The summed E-state index contributed by atoms with van der Waals surface area (Å²) in [6, 6.07) is 9.28. The van der Waals surface area contributed by atoms with Gasteiger partial charge in [0.15, 0.2) is 0 Å². The van der Waals surface area contributed by atoms with Gasteiger partial charge in [-0.05, 0) is 54.5 Å². The van der Waals surface area contributed by atoms with E-state index in [1.54, 1.807) is 43.5 Å². The topological polar surface area (TPSA) is 84.2 Å². The van der Waals surface area contributed by atoms with E-state index in [0.717, 1.165) is 27.8 Å². The number of rotatable bonds is 5. The van der Waals surface area contributed by atoms with Gasteiger partial charge in [0.05, 0.1) is 13.2 Å². The molecule has 6 nitrogen and oxygen atoms in total. The molecule has 0 bridgehead atoms. The number of hydrogen-bond acceptors (Lipinski definition) is 4. The van der Waals surface area contributed by atoms with E-state index in [9.17, 15) is 4.79 Å². The first-order valence-electron chi connectivity index (χ1n) is 8.31. The van der Waals surface area contributed by atoms with E-state index in [4.69, 9.17) is 10.5 Å². The lowest BCUT2D eigenvalue weighted by Gasteiger charge is -2.23. The van der Waals surface area contributed by atoms with Gasteiger partial charge in [0, 0.05) is 36.4 Å². The predicted molar refractivity (Wildman–Crippen MR) is 104 cm³/mol. The van der Waals surface area contributed by atoms with Crippen LogP contribution < -0.4 is 10.5 Å². The number of ether oxygens (including phenoxy) is 1. The van der Waals surface area contributed by atoms with Gasteiger partial charge in [-0.15, -0.1) is 0 Å². The normalized spacial score (nSPS) is 12.4. The van der Waals surface area contributed by atoms with Crippen molar-refractivity contribution in [3.63, 3.8) is 0 Å². The summed E-state index contributed by atoms with van der Waals surface area (Å²) >= 11 is 0. The van der Waals surface area contributed by atoms with Gasteiger partial charge >= 0.3 is 0 Å². The van der Waals surface area contributed by atoms with Gasteiger partial charge in [0.2, 0.25) is 5.91 Å². The Morgan fingerprint density at radius 2 is 2.15 bits per heavy atom. The van der Waals surface area contributed by atoms with E-state index in [0.29, 0.717) is 5.82 Å². The highest BCUT2D eigenvalue weighted by atomic mass is 16.5. The van der Waals surface area contributed by atoms with Crippen LogP contribution in [0.3, 0.4) is 0 Å². The molecule has 0 spiro atoms. The van der Waals surface area contributed by atoms with Crippen LogP contribution in [0.4, 0.5) is 5.82 Å². The number of amides is 1. The number of nitrogens with two attached hydrogens (primary N) is 1. The van der Waals surface area contributed by atoms with Crippen LogP contribution in [0.25, 0.3) is 17.0 Å². The number of nitrogen functional groups attached to an aromatic ring is 1. The van der Waals surface area contributed by atoms with Crippen LogP contribution in [0.15, 0.2) is 48.8 Å². The zero-order valence-corrected chi connectivity index (χ0v) is 15.1. The minimum Gasteiger partial charge on any atom is -0.497 e. The first-order chi connectivity index (χ1) is 12.5. The third-order valence-corrected chi connectivity index (χ3v) is 4.53. The molecule has 2 heterocycles. The molecule has 1 unspecified atom stereocenters. The second-order valence-corrected chi connectivity index (χ2v) is 6.13. The van der Waals surface area contributed by atoms with Crippen LogP contribution in [0, 0.1) is 0 Å². The molecule has 0 aliphatic rings. The van der Waals surface area contributed by atoms with Gasteiger partial charge in [-0.3, -0.25) is 4.79 Å². The molecular formula is C20H22N4O2. The molecule has 6 heteroatoms. The quantitative estimate of drug-likeness (QED) is 0.691. The number of nitrogens with one attached hydrogen (secondary N) is 1. The summed E-state index contributed by atoms with van der Waals surface area (Å²) < 4.78 is 5.31. The lowest BCUT2D eigenvalue weighted by molar-refractivity contribution is -0.126. The van der Waals surface area contributed by atoms with Crippen molar-refractivity contribution in [2.45, 2.75) is 13.0 Å². The Balaban J connectivity index is 1.79. The van der Waals surface area contributed by atoms with Gasteiger partial charge < -0.3 is 20.4 Å². The number of aromatic nitrogens is 2. The first kappa shape index (κ1) is 17.5. The summed E-state index contributed by atoms with van der Waals surface area (Å²) in [5.41, 5.74) is 8.44. The maximum absolute atomic E-state index is 12.5. The van der Waals surface area contributed by atoms with Crippen LogP contribution >= 0.6 is 0 Å². The van der Waals surface area contributed by atoms with Gasteiger partial charge in [-0.2, -0.15) is 0 Å². The van der Waals surface area contributed by atoms with Crippen LogP contribution in [0.5, 0.6) is 5.75 Å². The fraction of sp³-hybridized carbons (Fsp3) is 0.200. The number of fused-ring (bicyclic) bond motifs is 1. The molecule has 0 radical (unpaired) electrons. The number of H-pyrrole nitrogens is 1. The number of carbonyl (C=O) groups excluding carboxylic acids is 1. The zero-order chi connectivity index (χ0) is 18.7. The maximum Gasteiger partial charge on any atom is 0.246 e. The third-order valence-electron chi connectivity index (χ3n) is 4.53. The number of nitrogens with zero attached hydrogens (tertiary/aromatic N) is 2. The van der Waals surface area contributed by atoms with E-state index in [-0.39, 0.29) is 11.9 Å². The van der Waals surface area contributed by atoms with E-state index >= 15 is 0 Å². The molecule has 26 heavy (non-hydrogen) atoms. The number of likely N-dealkylation sites (N-methyl/N-ethyl adjacent to an activating group) is 1. The average molecular weight is 350 g/mol. The lowest BCUT2D eigenvalue weighted by Crippen LogP contribution is -2.27. The van der Waals surface area contributed by atoms with E-state index < -0.39 is 0 Å². The highest BCUT2D eigenvalue weighted by molar-refractivity contribution is 5.92. The largest absolute Gasteiger partial charge is 0.497 e. The Morgan fingerprint density at radius 3 is 2.85 bits per heavy atom. The number of carbonyl (C=O) groups is 1. The van der Waals surface area contributed by atoms with Crippen molar-refractivity contribution in [3.8, 4) is 5.75 Å². The monoisotopic (exact) mass is 350 g/mol. The Hall–Kier alpha value is -3.28. The lowest BCUT2D eigenvalue weighted by atomic mass is 10.1. The fourth-order valence-corrected chi connectivity index (χ4v) is 2.79. The molecule has 3 N–H and O–H groups in total. The third kappa shape index (κ3) is 3.54. The minimum absolute atomic E-state index is 0.0911. The van der Waals surface area contributed by atoms with E-state index in [1.165, 1.54) is 0 Å². The van der Waals surface area contributed by atoms with Gasteiger partial charge in [0.25, 0.3) is 0 Å². The smallest absolute Gasteiger partial charge is 0.246 e. The maximum atomic E-state index is 12.5. The molecule has 2 aromatic heterocycles. The van der Waals surface area contributed by atoms with Gasteiger partial charge in [0.1, 0.15) is 11.6 Å². The summed E-state index contributed by atoms with van der Waals surface area (Å²) in [7, 11) is 3.43. The Kier molecular flexibility index (Phi) is 4.93. The standard InChI is InChI=1S/C20H22N4O2/c1-13(17-12-22-18-7-6-15(26-3)10-16(17)18)24(2)20(25)9-5-14-4-8-19(21)23-11-14/h4-13,22H,1-3H3,(H2,21,23)/b9-5+. The Morgan fingerprint density at radius 1 is 1.35 bits per heavy atom. The second kappa shape index (κ2) is 7.31. The van der Waals surface area contributed by atoms with Crippen LogP contribution in [0.1, 0.15) is 24.1 Å². The van der Waals surface area contributed by atoms with Crippen LogP contribution in [-0.4, -0.2) is 34.9 Å². The molecule has 1 amide bonds. The summed E-state index contributed by atoms with van der Waals surface area (Å²) in [6.07, 6.45) is 6.84. The molecule has 0 saturated carbocycles. The summed E-state index contributed by atoms with van der Waals surface area (Å²) in [4.78, 5) is 21.5. The molecule has 0 fully saturated rings. The molecular weight excluding hydrogens is 328 g/mol. The van der Waals surface area contributed by atoms with Crippen molar-refractivity contribution < 1.29 is 9.53 Å². The van der Waals surface area contributed by atoms with Crippen molar-refractivity contribution in [2.24, 2.45) is 0 Å². The number of aromatic amines is 1. The Labute approximate surface area is 152 Å². The first-order valence-corrected chi connectivity index (χ1v) is 8.31. The number of hydrogen-bond donors (Lipinski definition) is 2. The number of methoxy groups -OCH3 is 1. The minimum atomic E-state index is -0.0995. The highest BCUT2D eigenvalue weighted by Crippen LogP contribution is 2.30. The molecule has 0 aliphatic heterocycles. The molecule has 1 atom stereocenters. The van der Waals surface area contributed by atoms with Crippen molar-refractivity contribution in [1.82, 2.24) is 14.9 Å². The number of pyridine rings is 1. The summed E-state index contributed by atoms with van der Waals surface area (Å²) in [6.45, 7) is 2.00. The van der Waals surface area contributed by atoms with E-state index in [1.807, 2.05) is 37.4 Å². The van der Waals surface area contributed by atoms with Crippen molar-refractivity contribution in [3.05, 3.63) is 59.9 Å². The van der Waals surface area contributed by atoms with Crippen LogP contribution in [-0.2, 0) is 4.79 Å². The predicted octanol–water partition coefficient (Wildman–Crippen LogP) is 3.39. The van der Waals surface area contributed by atoms with Crippen molar-refractivity contribution in [1.29, 1.82) is 0 Å². The molecule has 0 aliphatic carbocycles. The number of anilines is 1. The molecule has 3 aromatic rings. The van der Waals surface area contributed by atoms with Crippen LogP contribution in [0.2, 0.25) is 0 Å². The SMILES string of the molecule is COc1ccc2[nH]cc(C(C)N(C)C(=O)/C=C/c3ccc(N)nc3)c2c1. The summed E-state index contributed by atoms with van der Waals surface area (Å²) in [5.74, 6) is 1.15. The van der Waals surface area contributed by atoms with Gasteiger partial charge in [-0.25, -0.2) is 4.98 Å². The molecule has 3 rings (SSSR count). The number of benzene rings is 1. The van der Waals surface area contributed by atoms with Crippen molar-refractivity contribution >= 4 is 28.7 Å². The fourth-order valence-electron chi connectivity index (χ4n) is 2.79. The highest BCUT2D eigenvalue weighted by Gasteiger charge is 2.19. The average Bonchev–Trinajstić information content (AvgIpc) is 3.09. The van der Waals surface area contributed by atoms with E-state index in [2.05, 4.69) is 9.97 Å². The molecule has 0 saturated heterocycles. The zero-order valence-electron chi connectivity index (χ0n) is 15.1. The molecule has 134 valence electrons. The second-order valence-electron chi connectivity index (χ2n) is 6.13. The summed E-state index contributed by atoms with van der Waals surface area (Å²) in [5, 5.41) is 1.04. The van der Waals surface area contributed by atoms with Gasteiger partial charge in [-0.1, -0.05) is 0 Å². The van der Waals surface area contributed by atoms with Crippen molar-refractivity contribution in [2.75, 3.05) is 19.9 Å². The Bertz CT molecular complexity index is 944. The molecule has 1 aromatic carbocycles.